The molecule has 2 nitrogen and oxygen atoms in total. The molecule has 1 aromatic carbocycles. The molecule has 0 aromatic heterocycles. The number of piperazine rings is 1. The van der Waals surface area contributed by atoms with Crippen molar-refractivity contribution in [2.45, 2.75) is 14.4 Å². The molecule has 0 N–H and O–H groups in total. The van der Waals surface area contributed by atoms with Crippen LogP contribution in [0, 0.1) is 6.92 Å². The molecule has 1 saturated heterocycles. The Morgan fingerprint density at radius 2 is 1.75 bits per heavy atom. The lowest BCUT2D eigenvalue weighted by Gasteiger charge is -2.34. The summed E-state index contributed by atoms with van der Waals surface area (Å²) < 4.78 is 0. The van der Waals surface area contributed by atoms with Crippen LogP contribution in [0.3, 0.4) is 0 Å². The summed E-state index contributed by atoms with van der Waals surface area (Å²) in [7, 11) is 2.16. The van der Waals surface area contributed by atoms with Gasteiger partial charge in [-0.1, -0.05) is 25.1 Å². The maximum atomic E-state index is 6.24. The zero-order chi connectivity index (χ0) is 10.8. The molecule has 90 valence electrons. The van der Waals surface area contributed by atoms with Crippen LogP contribution in [0.25, 0.3) is 0 Å². The topological polar surface area (TPSA) is 6.48 Å². The first-order valence-corrected chi connectivity index (χ1v) is 5.74. The van der Waals surface area contributed by atoms with E-state index in [2.05, 4.69) is 35.9 Å². The van der Waals surface area contributed by atoms with E-state index in [0.29, 0.717) is 0 Å². The van der Waals surface area contributed by atoms with Gasteiger partial charge < -0.3 is 9.80 Å². The number of rotatable bonds is 1. The van der Waals surface area contributed by atoms with E-state index in [9.17, 15) is 0 Å². The smallest absolute Gasteiger partial charge is 0.0642 e. The first-order chi connectivity index (χ1) is 7.16. The van der Waals surface area contributed by atoms with Crippen LogP contribution >= 0.6 is 11.6 Å². The van der Waals surface area contributed by atoms with E-state index in [4.69, 9.17) is 11.6 Å². The molecule has 0 saturated carbocycles. The van der Waals surface area contributed by atoms with Crippen molar-refractivity contribution >= 4 is 17.3 Å². The molecule has 0 aliphatic carbocycles. The van der Waals surface area contributed by atoms with Crippen LogP contribution in [0.1, 0.15) is 13.0 Å². The van der Waals surface area contributed by atoms with Crippen LogP contribution in [0.5, 0.6) is 0 Å². The van der Waals surface area contributed by atoms with Crippen molar-refractivity contribution in [3.05, 3.63) is 28.8 Å². The molecule has 0 spiro atoms. The monoisotopic (exact) mass is 240 g/mol. The maximum absolute atomic E-state index is 6.24. The van der Waals surface area contributed by atoms with Crippen LogP contribution in [-0.4, -0.2) is 38.1 Å². The minimum absolute atomic E-state index is 0. The number of hydrogen-bond acceptors (Lipinski definition) is 2. The van der Waals surface area contributed by atoms with Gasteiger partial charge in [-0.3, -0.25) is 0 Å². The second-order valence-electron chi connectivity index (χ2n) is 4.25. The summed E-state index contributed by atoms with van der Waals surface area (Å²) in [6.45, 7) is 6.44. The second kappa shape index (κ2) is 5.55. The molecule has 1 aliphatic rings. The summed E-state index contributed by atoms with van der Waals surface area (Å²) in [6.07, 6.45) is 0. The predicted octanol–water partition coefficient (Wildman–Crippen LogP) is 3.04. The number of anilines is 1. The van der Waals surface area contributed by atoms with Crippen molar-refractivity contribution < 1.29 is 0 Å². The Bertz CT molecular complexity index is 344. The summed E-state index contributed by atoms with van der Waals surface area (Å²) in [5.74, 6) is 0. The minimum atomic E-state index is 0. The summed E-state index contributed by atoms with van der Waals surface area (Å²) in [4.78, 5) is 4.71. The Kier molecular flexibility index (Phi) is 4.63. The van der Waals surface area contributed by atoms with Crippen LogP contribution in [0.2, 0.25) is 5.02 Å². The maximum Gasteiger partial charge on any atom is 0.0642 e. The molecule has 1 heterocycles. The predicted molar refractivity (Wildman–Crippen MR) is 72.6 cm³/mol. The van der Waals surface area contributed by atoms with Gasteiger partial charge in [0.2, 0.25) is 0 Å². The fourth-order valence-corrected chi connectivity index (χ4v) is 2.27. The molecular weight excluding hydrogens is 220 g/mol. The number of hydrogen-bond donors (Lipinski definition) is 0. The Morgan fingerprint density at radius 3 is 2.31 bits per heavy atom. The van der Waals surface area contributed by atoms with Crippen LogP contribution in [0.4, 0.5) is 5.69 Å². The Morgan fingerprint density at radius 1 is 1.12 bits per heavy atom. The van der Waals surface area contributed by atoms with Gasteiger partial charge in [0.15, 0.2) is 0 Å². The molecule has 0 atom stereocenters. The molecular formula is C13H21ClN2. The molecule has 1 aromatic rings. The van der Waals surface area contributed by atoms with Gasteiger partial charge in [-0.2, -0.15) is 0 Å². The average Bonchev–Trinajstić information content (AvgIpc) is 2.20. The van der Waals surface area contributed by atoms with Crippen molar-refractivity contribution in [2.75, 3.05) is 38.1 Å². The van der Waals surface area contributed by atoms with Crippen molar-refractivity contribution in [3.8, 4) is 0 Å². The normalized spacial score (nSPS) is 17.1. The molecule has 0 amide bonds. The lowest BCUT2D eigenvalue weighted by molar-refractivity contribution is 0.313. The van der Waals surface area contributed by atoms with Gasteiger partial charge in [-0.15, -0.1) is 0 Å². The van der Waals surface area contributed by atoms with Gasteiger partial charge >= 0.3 is 0 Å². The zero-order valence-electron chi connectivity index (χ0n) is 9.33. The lowest BCUT2D eigenvalue weighted by Crippen LogP contribution is -2.44. The van der Waals surface area contributed by atoms with Gasteiger partial charge in [0.25, 0.3) is 0 Å². The molecule has 1 aliphatic heterocycles. The Balaban J connectivity index is 0.00000128. The third kappa shape index (κ3) is 2.89. The van der Waals surface area contributed by atoms with E-state index >= 15 is 0 Å². The molecule has 16 heavy (non-hydrogen) atoms. The van der Waals surface area contributed by atoms with Crippen molar-refractivity contribution in [3.63, 3.8) is 0 Å². The fraction of sp³-hybridized carbons (Fsp3) is 0.538. The van der Waals surface area contributed by atoms with Gasteiger partial charge in [0.1, 0.15) is 0 Å². The van der Waals surface area contributed by atoms with Crippen molar-refractivity contribution in [2.24, 2.45) is 0 Å². The van der Waals surface area contributed by atoms with E-state index in [-0.39, 0.29) is 7.43 Å². The lowest BCUT2D eigenvalue weighted by atomic mass is 10.2. The number of benzene rings is 1. The number of aryl methyl sites for hydroxylation is 1. The zero-order valence-corrected chi connectivity index (χ0v) is 10.1. The highest BCUT2D eigenvalue weighted by Gasteiger charge is 2.16. The quantitative estimate of drug-likeness (QED) is 0.745. The van der Waals surface area contributed by atoms with E-state index in [0.717, 1.165) is 31.2 Å². The number of nitrogens with zero attached hydrogens (tertiary/aromatic N) is 2. The fourth-order valence-electron chi connectivity index (χ4n) is 1.92. The van der Waals surface area contributed by atoms with E-state index in [1.165, 1.54) is 11.3 Å². The summed E-state index contributed by atoms with van der Waals surface area (Å²) in [5.41, 5.74) is 2.40. The van der Waals surface area contributed by atoms with E-state index in [1.54, 1.807) is 0 Å². The van der Waals surface area contributed by atoms with E-state index < -0.39 is 0 Å². The third-order valence-corrected chi connectivity index (χ3v) is 3.25. The molecule has 3 heteroatoms. The molecule has 0 unspecified atom stereocenters. The molecule has 0 bridgehead atoms. The minimum Gasteiger partial charge on any atom is -0.368 e. The molecule has 2 rings (SSSR count). The van der Waals surface area contributed by atoms with Crippen LogP contribution < -0.4 is 4.90 Å². The number of halogens is 1. The summed E-state index contributed by atoms with van der Waals surface area (Å²) in [6, 6.07) is 6.29. The van der Waals surface area contributed by atoms with Crippen LogP contribution in [-0.2, 0) is 0 Å². The number of likely N-dealkylation sites (N-methyl/N-ethyl adjacent to an activating group) is 1. The van der Waals surface area contributed by atoms with Gasteiger partial charge in [-0.05, 0) is 31.7 Å². The largest absolute Gasteiger partial charge is 0.368 e. The van der Waals surface area contributed by atoms with Crippen molar-refractivity contribution in [1.29, 1.82) is 0 Å². The third-order valence-electron chi connectivity index (χ3n) is 2.95. The summed E-state index contributed by atoms with van der Waals surface area (Å²) in [5, 5.41) is 0.875. The molecule has 1 fully saturated rings. The van der Waals surface area contributed by atoms with Gasteiger partial charge in [0, 0.05) is 26.2 Å². The van der Waals surface area contributed by atoms with Gasteiger partial charge in [-0.25, -0.2) is 0 Å². The standard InChI is InChI=1S/C12H17ClN2.CH4/c1-10-3-4-12(11(13)9-10)15-7-5-14(2)6-8-15;/h3-4,9H,5-8H2,1-2H3;1H4. The molecule has 0 radical (unpaired) electrons. The van der Waals surface area contributed by atoms with Crippen molar-refractivity contribution in [1.82, 2.24) is 4.90 Å². The van der Waals surface area contributed by atoms with Crippen LogP contribution in [0.15, 0.2) is 18.2 Å². The highest BCUT2D eigenvalue weighted by atomic mass is 35.5. The second-order valence-corrected chi connectivity index (χ2v) is 4.65. The highest BCUT2D eigenvalue weighted by molar-refractivity contribution is 6.33. The Labute approximate surface area is 104 Å². The SMILES string of the molecule is C.Cc1ccc(N2CCN(C)CC2)c(Cl)c1. The van der Waals surface area contributed by atoms with Gasteiger partial charge in [0.05, 0.1) is 10.7 Å². The first-order valence-electron chi connectivity index (χ1n) is 5.36. The average molecular weight is 241 g/mol. The highest BCUT2D eigenvalue weighted by Crippen LogP contribution is 2.27. The Hall–Kier alpha value is -0.730. The first kappa shape index (κ1) is 13.3. The van der Waals surface area contributed by atoms with E-state index in [1.807, 2.05) is 6.07 Å². The summed E-state index contributed by atoms with van der Waals surface area (Å²) >= 11 is 6.24.